The number of nitrogen functional groups attached to an aromatic ring is 4. The van der Waals surface area contributed by atoms with E-state index in [2.05, 4.69) is 49.8 Å². The van der Waals surface area contributed by atoms with E-state index < -0.39 is 198 Å². The fourth-order valence-corrected chi connectivity index (χ4v) is 7.30. The number of rotatable bonds is 0. The van der Waals surface area contributed by atoms with Crippen LogP contribution in [-0.2, 0) is 0 Å². The van der Waals surface area contributed by atoms with Crippen LogP contribution in [-0.4, -0.2) is 49.8 Å². The van der Waals surface area contributed by atoms with E-state index in [1.807, 2.05) is 0 Å². The molecule has 62 heavy (non-hydrogen) atoms. The molecule has 0 unspecified atom stereocenters. The Morgan fingerprint density at radius 2 is 0.355 bits per heavy atom. The van der Waals surface area contributed by atoms with Crippen LogP contribution in [0.25, 0.3) is 110 Å². The number of nitrogens with zero attached hydrogens (tertiary/aromatic N) is 10. The van der Waals surface area contributed by atoms with Gasteiger partial charge in [0.25, 0.3) is 0 Å². The number of benzene rings is 6. The van der Waals surface area contributed by atoms with Gasteiger partial charge >= 0.3 is 0 Å². The Labute approximate surface area is 329 Å². The number of hydrogen-bond donors (Lipinski definition) is 6. The van der Waals surface area contributed by atoms with E-state index in [-0.39, 0.29) is 0 Å². The van der Waals surface area contributed by atoms with Crippen molar-refractivity contribution < 1.29 is 0 Å². The van der Waals surface area contributed by atoms with Crippen molar-refractivity contribution >= 4 is 133 Å². The van der Waals surface area contributed by atoms with Crippen molar-refractivity contribution in [1.29, 1.82) is 10.8 Å². The van der Waals surface area contributed by atoms with Gasteiger partial charge in [0.05, 0.1) is 0 Å². The molecule has 0 aliphatic rings. The van der Waals surface area contributed by atoms with Crippen molar-refractivity contribution in [3.05, 3.63) is 113 Å². The summed E-state index contributed by atoms with van der Waals surface area (Å²) < 4.78 is 0. The van der Waals surface area contributed by atoms with Crippen molar-refractivity contribution in [2.24, 2.45) is 0 Å². The van der Waals surface area contributed by atoms with Crippen LogP contribution in [0, 0.1) is 10.8 Å². The predicted molar refractivity (Wildman–Crippen MR) is 219 cm³/mol. The fraction of sp³-hybridized carbons (Fsp3) is 0. The summed E-state index contributed by atoms with van der Waals surface area (Å²) in [5, 5.41) is 15.5. The Kier molecular flexibility index (Phi) is 6.25. The topological polar surface area (TPSA) is 451 Å². The second kappa shape index (κ2) is 11.0. The number of anilines is 4. The number of nitrogens with two attached hydrogens (primary N) is 4. The number of hydrogen-bond acceptors (Lipinski definition) is 26. The lowest BCUT2D eigenvalue weighted by Gasteiger charge is -2.08. The largest absolute Gasteiger partial charge is 0.394 e. The SMILES string of the molecule is N=c1c(=O)c2nc3c(nc2c2nc4c(=O)c5nc6c(=O)c(N)c(N)c(=O)c6nc5c(=O)c4nc12)c(=O)c(=N)c1nc2c(=O)c4nc5c(=O)c(N)c(N)c(=O)c5nc4c(=O)c2nc13. The monoisotopic (exact) mass is 826 g/mol. The van der Waals surface area contributed by atoms with Gasteiger partial charge < -0.3 is 22.9 Å². The van der Waals surface area contributed by atoms with Gasteiger partial charge in [0.1, 0.15) is 144 Å². The van der Waals surface area contributed by atoms with Crippen LogP contribution in [0.1, 0.15) is 0 Å². The first-order valence-electron chi connectivity index (χ1n) is 17.2. The lowest BCUT2D eigenvalue weighted by molar-refractivity contribution is 1.20. The summed E-state index contributed by atoms with van der Waals surface area (Å²) in [4.78, 5) is 175. The molecule has 5 aromatic heterocycles. The molecule has 0 saturated heterocycles. The summed E-state index contributed by atoms with van der Waals surface area (Å²) >= 11 is 0. The zero-order chi connectivity index (χ0) is 43.9. The first-order valence-corrected chi connectivity index (χ1v) is 17.2. The Balaban J connectivity index is 1.25. The van der Waals surface area contributed by atoms with Gasteiger partial charge in [-0.05, 0) is 0 Å². The van der Waals surface area contributed by atoms with Crippen LogP contribution in [0.4, 0.5) is 22.7 Å². The average Bonchev–Trinajstić information content (AvgIpc) is 3.28. The maximum absolute atomic E-state index is 13.9. The van der Waals surface area contributed by atoms with Gasteiger partial charge in [-0.1, -0.05) is 0 Å². The molecule has 6 aromatic carbocycles. The summed E-state index contributed by atoms with van der Waals surface area (Å²) in [7, 11) is 0. The smallest absolute Gasteiger partial charge is 0.234 e. The second-order valence-electron chi connectivity index (χ2n) is 13.8. The molecule has 0 atom stereocenters. The molecule has 0 fully saturated rings. The minimum Gasteiger partial charge on any atom is -0.394 e. The van der Waals surface area contributed by atoms with E-state index in [1.165, 1.54) is 0 Å². The maximum Gasteiger partial charge on any atom is 0.234 e. The molecule has 0 aliphatic carbocycles. The van der Waals surface area contributed by atoms with Crippen molar-refractivity contribution in [3.8, 4) is 0 Å². The maximum atomic E-state index is 13.9. The Morgan fingerprint density at radius 1 is 0.210 bits per heavy atom. The lowest BCUT2D eigenvalue weighted by Crippen LogP contribution is -2.30. The Morgan fingerprint density at radius 3 is 0.581 bits per heavy atom. The van der Waals surface area contributed by atoms with Gasteiger partial charge in [0, 0.05) is 0 Å². The van der Waals surface area contributed by atoms with E-state index in [9.17, 15) is 47.9 Å². The highest BCUT2D eigenvalue weighted by molar-refractivity contribution is 6.10. The third-order valence-electron chi connectivity index (χ3n) is 10.4. The van der Waals surface area contributed by atoms with Crippen molar-refractivity contribution in [3.63, 3.8) is 0 Å². The molecule has 0 spiro atoms. The molecule has 294 valence electrons. The molecule has 0 saturated carbocycles. The molecule has 0 amide bonds. The normalized spacial score (nSPS) is 12.3. The van der Waals surface area contributed by atoms with E-state index in [0.29, 0.717) is 0 Å². The van der Waals surface area contributed by atoms with E-state index in [1.54, 1.807) is 0 Å². The van der Waals surface area contributed by atoms with Gasteiger partial charge in [-0.25, -0.2) is 49.8 Å². The summed E-state index contributed by atoms with van der Waals surface area (Å²) in [6.07, 6.45) is 0. The molecule has 10 N–H and O–H groups in total. The summed E-state index contributed by atoms with van der Waals surface area (Å²) in [5.74, 6) is 0. The summed E-state index contributed by atoms with van der Waals surface area (Å²) in [6, 6.07) is 0. The third kappa shape index (κ3) is 3.99. The average molecular weight is 827 g/mol. The first kappa shape index (κ1) is 35.3. The highest BCUT2D eigenvalue weighted by Gasteiger charge is 2.27. The van der Waals surface area contributed by atoms with Crippen LogP contribution in [0.3, 0.4) is 0 Å². The van der Waals surface area contributed by atoms with Gasteiger partial charge in [-0.15, -0.1) is 0 Å². The van der Waals surface area contributed by atoms with Gasteiger partial charge in [0.15, 0.2) is 0 Å². The van der Waals surface area contributed by atoms with Crippen LogP contribution in [0.2, 0.25) is 0 Å². The summed E-state index contributed by atoms with van der Waals surface area (Å²) in [6.45, 7) is 0. The number of aromatic nitrogens is 10. The Hall–Kier alpha value is -9.88. The molecule has 26 heteroatoms. The molecule has 11 aromatic rings. The first-order chi connectivity index (χ1) is 29.4. The molecule has 0 radical (unpaired) electrons. The van der Waals surface area contributed by atoms with Crippen LogP contribution in [0.5, 0.6) is 0 Å². The molecule has 0 aliphatic heterocycles. The molecule has 26 nitrogen and oxygen atoms in total. The zero-order valence-corrected chi connectivity index (χ0v) is 29.9. The Bertz CT molecular complexity index is 4600. The van der Waals surface area contributed by atoms with E-state index in [4.69, 9.17) is 33.8 Å². The van der Waals surface area contributed by atoms with Gasteiger partial charge in [-0.3, -0.25) is 58.8 Å². The van der Waals surface area contributed by atoms with Gasteiger partial charge in [0.2, 0.25) is 54.3 Å². The highest BCUT2D eigenvalue weighted by atomic mass is 16.2. The minimum atomic E-state index is -1.20. The summed E-state index contributed by atoms with van der Waals surface area (Å²) in [5.41, 5.74) is -4.28. The highest BCUT2D eigenvalue weighted by Crippen LogP contribution is 2.23. The number of fused-ring (bicyclic) bond motifs is 12. The van der Waals surface area contributed by atoms with Crippen LogP contribution in [0.15, 0.2) is 47.9 Å². The molecule has 0 bridgehead atoms. The van der Waals surface area contributed by atoms with Crippen molar-refractivity contribution in [1.82, 2.24) is 49.8 Å². The molecule has 5 heterocycles. The van der Waals surface area contributed by atoms with Crippen molar-refractivity contribution in [2.45, 2.75) is 0 Å². The van der Waals surface area contributed by atoms with Crippen molar-refractivity contribution in [2.75, 3.05) is 22.9 Å². The third-order valence-corrected chi connectivity index (χ3v) is 10.4. The van der Waals surface area contributed by atoms with Crippen LogP contribution < -0.4 is 87.9 Å². The quantitative estimate of drug-likeness (QED) is 0.0472. The second-order valence-corrected chi connectivity index (χ2v) is 13.8. The van der Waals surface area contributed by atoms with E-state index >= 15 is 0 Å². The lowest BCUT2D eigenvalue weighted by atomic mass is 10.1. The van der Waals surface area contributed by atoms with E-state index in [0.717, 1.165) is 0 Å². The zero-order valence-electron chi connectivity index (χ0n) is 29.9. The van der Waals surface area contributed by atoms with Gasteiger partial charge in [-0.2, -0.15) is 0 Å². The van der Waals surface area contributed by atoms with Crippen LogP contribution >= 0.6 is 0 Å². The standard InChI is InChI=1S/C36H10N16O10/c37-1-3(39)29(55)17-15(27(1)53)49-23-25(51-17)35(61)21-19(33(23)59)43-7-5(41)31(57)13-11(9(7)45-21)47-14-12(48-13)10-8(6(42)32(14)58)44-20-22(46-10)36(62)26-24(34(20)60)50-16-18(52-26)30(56)4(40)2(38)28(16)54/h41-42H,37-40H2. The predicted octanol–water partition coefficient (Wildman–Crippen LogP) is -5.31. The molecular formula is C36H10N16O10. The molecule has 11 rings (SSSR count). The fourth-order valence-electron chi connectivity index (χ4n) is 7.30. The molecular weight excluding hydrogens is 816 g/mol. The number of nitrogens with one attached hydrogen (secondary N) is 2. The minimum absolute atomic E-state index is 0.508.